The molecule has 0 saturated carbocycles. The number of nitrogens with zero attached hydrogens (tertiary/aromatic N) is 3. The van der Waals surface area contributed by atoms with Gasteiger partial charge in [0.2, 0.25) is 5.91 Å². The minimum atomic E-state index is -0.510. The summed E-state index contributed by atoms with van der Waals surface area (Å²) in [5, 5.41) is 18.1. The number of nitro groups is 1. The van der Waals surface area contributed by atoms with E-state index in [1.807, 2.05) is 48.9 Å². The zero-order chi connectivity index (χ0) is 21.0. The number of ether oxygens (including phenoxy) is 1. The number of hydrogen-bond donors (Lipinski definition) is 1. The fraction of sp³-hybridized carbons (Fsp3) is 0.238. The third-order valence-corrected chi connectivity index (χ3v) is 4.50. The minimum absolute atomic E-state index is 0.0949. The van der Waals surface area contributed by atoms with Gasteiger partial charge in [-0.25, -0.2) is 4.68 Å². The summed E-state index contributed by atoms with van der Waals surface area (Å²) < 4.78 is 7.02. The molecule has 0 atom stereocenters. The van der Waals surface area contributed by atoms with E-state index in [0.717, 1.165) is 22.6 Å². The average molecular weight is 394 g/mol. The molecule has 0 radical (unpaired) electrons. The van der Waals surface area contributed by atoms with Crippen molar-refractivity contribution in [2.24, 2.45) is 0 Å². The largest absolute Gasteiger partial charge is 0.494 e. The van der Waals surface area contributed by atoms with Crippen LogP contribution in [0.15, 0.2) is 48.5 Å². The predicted molar refractivity (Wildman–Crippen MR) is 110 cm³/mol. The SMILES string of the molecule is COc1cc([N+](=O)[O-])ccc1NC(=O)CCc1ccc(-n2nc(C)cc2C)cc1. The Labute approximate surface area is 168 Å². The maximum Gasteiger partial charge on any atom is 0.273 e. The molecule has 2 aromatic carbocycles. The Morgan fingerprint density at radius 2 is 1.90 bits per heavy atom. The molecule has 0 aliphatic heterocycles. The van der Waals surface area contributed by atoms with Crippen molar-refractivity contribution in [1.29, 1.82) is 0 Å². The van der Waals surface area contributed by atoms with Gasteiger partial charge in [0.1, 0.15) is 5.75 Å². The topological polar surface area (TPSA) is 99.3 Å². The van der Waals surface area contributed by atoms with Gasteiger partial charge in [0.25, 0.3) is 5.69 Å². The smallest absolute Gasteiger partial charge is 0.273 e. The molecule has 0 fully saturated rings. The first-order valence-corrected chi connectivity index (χ1v) is 9.12. The highest BCUT2D eigenvalue weighted by Crippen LogP contribution is 2.29. The van der Waals surface area contributed by atoms with Crippen LogP contribution in [-0.4, -0.2) is 27.7 Å². The van der Waals surface area contributed by atoms with Crippen LogP contribution in [-0.2, 0) is 11.2 Å². The molecule has 1 N–H and O–H groups in total. The lowest BCUT2D eigenvalue weighted by atomic mass is 10.1. The van der Waals surface area contributed by atoms with E-state index < -0.39 is 4.92 Å². The third kappa shape index (κ3) is 4.78. The molecule has 3 rings (SSSR count). The Kier molecular flexibility index (Phi) is 5.92. The van der Waals surface area contributed by atoms with E-state index in [4.69, 9.17) is 4.74 Å². The van der Waals surface area contributed by atoms with Gasteiger partial charge in [-0.3, -0.25) is 14.9 Å². The van der Waals surface area contributed by atoms with E-state index in [9.17, 15) is 14.9 Å². The molecular weight excluding hydrogens is 372 g/mol. The molecule has 0 aliphatic carbocycles. The summed E-state index contributed by atoms with van der Waals surface area (Å²) in [6.45, 7) is 3.96. The van der Waals surface area contributed by atoms with Crippen LogP contribution in [0.2, 0.25) is 0 Å². The highest BCUT2D eigenvalue weighted by atomic mass is 16.6. The van der Waals surface area contributed by atoms with E-state index in [2.05, 4.69) is 10.4 Å². The molecule has 1 heterocycles. The summed E-state index contributed by atoms with van der Waals surface area (Å²) in [4.78, 5) is 22.6. The molecule has 0 bridgehead atoms. The van der Waals surface area contributed by atoms with Crippen LogP contribution in [0.4, 0.5) is 11.4 Å². The highest BCUT2D eigenvalue weighted by Gasteiger charge is 2.13. The van der Waals surface area contributed by atoms with Crippen molar-refractivity contribution in [2.45, 2.75) is 26.7 Å². The molecule has 0 saturated heterocycles. The number of nitro benzene ring substituents is 1. The van der Waals surface area contributed by atoms with Gasteiger partial charge in [-0.15, -0.1) is 0 Å². The molecule has 29 heavy (non-hydrogen) atoms. The van der Waals surface area contributed by atoms with Gasteiger partial charge in [0.05, 0.1) is 35.2 Å². The van der Waals surface area contributed by atoms with Gasteiger partial charge in [-0.1, -0.05) is 12.1 Å². The monoisotopic (exact) mass is 394 g/mol. The lowest BCUT2D eigenvalue weighted by molar-refractivity contribution is -0.384. The summed E-state index contributed by atoms with van der Waals surface area (Å²) in [6, 6.07) is 14.0. The lowest BCUT2D eigenvalue weighted by Crippen LogP contribution is -2.13. The van der Waals surface area contributed by atoms with Crippen LogP contribution in [0, 0.1) is 24.0 Å². The number of hydrogen-bond acceptors (Lipinski definition) is 5. The van der Waals surface area contributed by atoms with Crippen LogP contribution in [0.1, 0.15) is 23.4 Å². The van der Waals surface area contributed by atoms with Crippen molar-refractivity contribution < 1.29 is 14.5 Å². The normalized spacial score (nSPS) is 10.6. The van der Waals surface area contributed by atoms with E-state index in [1.54, 1.807) is 0 Å². The van der Waals surface area contributed by atoms with Gasteiger partial charge in [0.15, 0.2) is 0 Å². The second-order valence-corrected chi connectivity index (χ2v) is 6.70. The first-order valence-electron chi connectivity index (χ1n) is 9.12. The first-order chi connectivity index (χ1) is 13.9. The molecule has 0 aliphatic rings. The Morgan fingerprint density at radius 1 is 1.17 bits per heavy atom. The number of benzene rings is 2. The number of carbonyl (C=O) groups excluding carboxylic acids is 1. The molecule has 0 unspecified atom stereocenters. The van der Waals surface area contributed by atoms with E-state index >= 15 is 0 Å². The van der Waals surface area contributed by atoms with Crippen LogP contribution in [0.3, 0.4) is 0 Å². The van der Waals surface area contributed by atoms with E-state index in [-0.39, 0.29) is 23.8 Å². The Balaban J connectivity index is 1.61. The maximum absolute atomic E-state index is 12.3. The number of carbonyl (C=O) groups is 1. The summed E-state index contributed by atoms with van der Waals surface area (Å²) >= 11 is 0. The number of non-ortho nitro benzene ring substituents is 1. The average Bonchev–Trinajstić information content (AvgIpc) is 3.05. The zero-order valence-corrected chi connectivity index (χ0v) is 16.5. The number of rotatable bonds is 7. The summed E-state index contributed by atoms with van der Waals surface area (Å²) in [7, 11) is 1.40. The maximum atomic E-state index is 12.3. The second kappa shape index (κ2) is 8.55. The Bertz CT molecular complexity index is 1040. The van der Waals surface area contributed by atoms with Gasteiger partial charge in [-0.05, 0) is 50.1 Å². The molecule has 1 aromatic heterocycles. The van der Waals surface area contributed by atoms with Gasteiger partial charge < -0.3 is 10.1 Å². The molecule has 3 aromatic rings. The van der Waals surface area contributed by atoms with Crippen LogP contribution in [0.25, 0.3) is 5.69 Å². The fourth-order valence-electron chi connectivity index (χ4n) is 3.06. The second-order valence-electron chi connectivity index (χ2n) is 6.70. The van der Waals surface area contributed by atoms with Gasteiger partial charge in [0, 0.05) is 18.2 Å². The zero-order valence-electron chi connectivity index (χ0n) is 16.5. The summed E-state index contributed by atoms with van der Waals surface area (Å²) in [5.41, 5.74) is 4.34. The summed E-state index contributed by atoms with van der Waals surface area (Å²) in [5.74, 6) is 0.0570. The number of anilines is 1. The van der Waals surface area contributed by atoms with Crippen LogP contribution in [0.5, 0.6) is 5.75 Å². The minimum Gasteiger partial charge on any atom is -0.494 e. The molecule has 1 amide bonds. The Morgan fingerprint density at radius 3 is 2.48 bits per heavy atom. The number of methoxy groups -OCH3 is 1. The van der Waals surface area contributed by atoms with Gasteiger partial charge in [-0.2, -0.15) is 5.10 Å². The third-order valence-electron chi connectivity index (χ3n) is 4.50. The van der Waals surface area contributed by atoms with E-state index in [0.29, 0.717) is 12.1 Å². The summed E-state index contributed by atoms with van der Waals surface area (Å²) in [6.07, 6.45) is 0.845. The first kappa shape index (κ1) is 20.1. The van der Waals surface area contributed by atoms with Crippen molar-refractivity contribution >= 4 is 17.3 Å². The number of aromatic nitrogens is 2. The lowest BCUT2D eigenvalue weighted by Gasteiger charge is -2.10. The van der Waals surface area contributed by atoms with Crippen molar-refractivity contribution in [3.05, 3.63) is 75.6 Å². The number of nitrogens with one attached hydrogen (secondary N) is 1. The number of aryl methyl sites for hydroxylation is 3. The predicted octanol–water partition coefficient (Wildman–Crippen LogP) is 3.98. The van der Waals surface area contributed by atoms with E-state index in [1.165, 1.54) is 25.3 Å². The van der Waals surface area contributed by atoms with Crippen LogP contribution < -0.4 is 10.1 Å². The quantitative estimate of drug-likeness (QED) is 0.483. The molecule has 0 spiro atoms. The standard InChI is InChI=1S/C21H22N4O4/c1-14-12-15(2)24(23-14)17-7-4-16(5-8-17)6-11-21(26)22-19-10-9-18(25(27)28)13-20(19)29-3/h4-5,7-10,12-13H,6,11H2,1-3H3,(H,22,26). The molecular formula is C21H22N4O4. The number of amides is 1. The van der Waals surface area contributed by atoms with Gasteiger partial charge >= 0.3 is 0 Å². The fourth-order valence-corrected chi connectivity index (χ4v) is 3.06. The van der Waals surface area contributed by atoms with Crippen molar-refractivity contribution in [3.63, 3.8) is 0 Å². The Hall–Kier alpha value is -3.68. The van der Waals surface area contributed by atoms with Crippen LogP contribution >= 0.6 is 0 Å². The molecule has 8 nitrogen and oxygen atoms in total. The van der Waals surface area contributed by atoms with Crippen molar-refractivity contribution in [1.82, 2.24) is 9.78 Å². The van der Waals surface area contributed by atoms with Crippen molar-refractivity contribution in [2.75, 3.05) is 12.4 Å². The highest BCUT2D eigenvalue weighted by molar-refractivity contribution is 5.92. The molecule has 150 valence electrons. The molecule has 8 heteroatoms. The van der Waals surface area contributed by atoms with Crippen molar-refractivity contribution in [3.8, 4) is 11.4 Å².